The van der Waals surface area contributed by atoms with Crippen molar-refractivity contribution < 1.29 is 49.4 Å². The van der Waals surface area contributed by atoms with Crippen LogP contribution in [-0.2, 0) is 28.8 Å². The number of allylic oxidation sites excluding steroid dienone is 10. The molecule has 0 N–H and O–H groups in total. The van der Waals surface area contributed by atoms with E-state index in [-0.39, 0.29) is 33.0 Å². The largest absolute Gasteiger partial charge is 0.373 e. The maximum atomic E-state index is 10.3. The molecule has 0 saturated heterocycles. The third kappa shape index (κ3) is 49.1. The van der Waals surface area contributed by atoms with Crippen LogP contribution in [0.3, 0.4) is 0 Å². The number of unbranched alkanes of at least 4 members (excludes halogenated alkanes) is 33. The fourth-order valence-corrected chi connectivity index (χ4v) is 28.0. The molecular weight excluding hydrogens is 1370 g/mol. The molecule has 2 aliphatic carbocycles. The van der Waals surface area contributed by atoms with Gasteiger partial charge >= 0.3 is 200 Å². The fourth-order valence-electron chi connectivity index (χ4n) is 14.8. The standard InChI is InChI=1S/C41H74.C27H32IP.C23H42O2.2CO2/c1-4-7-9-11-13-15-17-19-21-23-25-27-29-31-33-35-37-41(39-40(41)6-3)38-36-34-32-30-28-26-24-22-20-18-16-14-12-10-8-5-2;1-2-3-4-5-6-7-17-24-28-29(25-18-11-8-12-19-25,26-20-13-9-14-21-26)27-22-15-10-16-23-27;1-2-22-21-23(22,17-13-9-5-3-7-11-15-19-24)18-14-10-6-4-8-12-16-20-25;2*2-1-3/h13-16,19-22,40H,4-12,17-18,23-39H2,1-3H3;6-16,18-23H,2-5,17,24H2,1H3;19-20,22H,2-18,21H2,1H3;;/b15-13-,16-14-,21-19-,22-20-;7-6-;;;. The van der Waals surface area contributed by atoms with Crippen molar-refractivity contribution in [2.45, 2.75) is 362 Å². The summed E-state index contributed by atoms with van der Waals surface area (Å²) in [4.78, 5) is 51.5. The van der Waals surface area contributed by atoms with Gasteiger partial charge in [0.25, 0.3) is 0 Å². The van der Waals surface area contributed by atoms with Crippen LogP contribution in [0.2, 0.25) is 0 Å². The van der Waals surface area contributed by atoms with Crippen molar-refractivity contribution in [3.05, 3.63) is 152 Å². The maximum Gasteiger partial charge on any atom is 0.373 e. The average molecular weight is 1520 g/mol. The van der Waals surface area contributed by atoms with E-state index < -0.39 is 4.90 Å². The van der Waals surface area contributed by atoms with Gasteiger partial charge in [-0.3, -0.25) is 0 Å². The van der Waals surface area contributed by atoms with Gasteiger partial charge in [-0.2, -0.15) is 19.2 Å². The predicted octanol–water partition coefficient (Wildman–Crippen LogP) is 24.2. The first-order chi connectivity index (χ1) is 49.8. The van der Waals surface area contributed by atoms with Crippen molar-refractivity contribution >= 4 is 45.7 Å². The summed E-state index contributed by atoms with van der Waals surface area (Å²) in [5.41, 5.74) is 1.48. The van der Waals surface area contributed by atoms with Gasteiger partial charge in [-0.1, -0.05) is 243 Å². The molecule has 3 aromatic carbocycles. The van der Waals surface area contributed by atoms with Crippen molar-refractivity contribution in [3.8, 4) is 0 Å². The molecule has 2 aliphatic rings. The summed E-state index contributed by atoms with van der Waals surface area (Å²) in [5.74, 6) is 2.06. The zero-order chi connectivity index (χ0) is 73.4. The number of alkyl halides is 1. The Kier molecular flexibility index (Phi) is 65.5. The van der Waals surface area contributed by atoms with Crippen LogP contribution in [0.5, 0.6) is 0 Å². The van der Waals surface area contributed by atoms with E-state index in [1.54, 1.807) is 6.42 Å². The summed E-state index contributed by atoms with van der Waals surface area (Å²) in [5, 5.41) is 4.62. The molecular formula is C93H148IO6P. The summed E-state index contributed by atoms with van der Waals surface area (Å²) in [6, 6.07) is 33.9. The predicted molar refractivity (Wildman–Crippen MR) is 434 cm³/mol. The summed E-state index contributed by atoms with van der Waals surface area (Å²) < 4.78 is 1.33. The van der Waals surface area contributed by atoms with E-state index in [0.717, 1.165) is 68.3 Å². The third-order valence-electron chi connectivity index (χ3n) is 21.0. The first-order valence-electron chi connectivity index (χ1n) is 41.6. The minimum Gasteiger partial charge on any atom is -0.186 e. The Balaban J connectivity index is 0.000000749. The second kappa shape index (κ2) is 70.0. The molecule has 2 unspecified atom stereocenters. The molecule has 2 atom stereocenters. The van der Waals surface area contributed by atoms with E-state index in [4.69, 9.17) is 19.2 Å². The van der Waals surface area contributed by atoms with Gasteiger partial charge in [0.1, 0.15) is 12.6 Å². The van der Waals surface area contributed by atoms with Gasteiger partial charge in [-0.15, -0.1) is 0 Å². The zero-order valence-electron chi connectivity index (χ0n) is 65.3. The first-order valence-corrected chi connectivity index (χ1v) is 47.7. The van der Waals surface area contributed by atoms with Gasteiger partial charge in [0.05, 0.1) is 0 Å². The molecule has 5 rings (SSSR count). The molecule has 0 aliphatic heterocycles. The van der Waals surface area contributed by atoms with Crippen molar-refractivity contribution in [2.24, 2.45) is 22.7 Å². The Labute approximate surface area is 631 Å². The van der Waals surface area contributed by atoms with E-state index in [0.29, 0.717) is 5.41 Å². The minimum absolute atomic E-state index is 0.0332. The molecule has 2 saturated carbocycles. The molecule has 0 bridgehead atoms. The number of carbonyl (C=O) groups is 2. The Morgan fingerprint density at radius 3 is 0.822 bits per heavy atom. The first kappa shape index (κ1) is 94.6. The van der Waals surface area contributed by atoms with E-state index in [1.807, 2.05) is 0 Å². The van der Waals surface area contributed by atoms with Crippen LogP contribution < -0.4 is 36.6 Å². The molecule has 0 amide bonds. The number of carbonyl (C=O) groups excluding carboxylic acids is 6. The van der Waals surface area contributed by atoms with Crippen molar-refractivity contribution in [1.82, 2.24) is 0 Å². The van der Waals surface area contributed by atoms with Gasteiger partial charge in [0, 0.05) is 12.8 Å². The maximum absolute atomic E-state index is 10.3. The summed E-state index contributed by atoms with van der Waals surface area (Å²) in [6.45, 7) is 11.6. The molecule has 2 fully saturated rings. The number of hydrogen-bond acceptors (Lipinski definition) is 6. The second-order valence-corrected chi connectivity index (χ2v) is 39.4. The molecule has 101 heavy (non-hydrogen) atoms. The molecule has 6 nitrogen and oxygen atoms in total. The molecule has 0 radical (unpaired) electrons. The summed E-state index contributed by atoms with van der Waals surface area (Å²) in [7, 11) is 0. The van der Waals surface area contributed by atoms with Crippen molar-refractivity contribution in [3.63, 3.8) is 0 Å². The molecule has 568 valence electrons. The number of halogens is 1. The molecule has 0 aromatic heterocycles. The normalized spacial score (nSPS) is 14.9. The van der Waals surface area contributed by atoms with Gasteiger partial charge in [0.15, 0.2) is 0 Å². The monoisotopic (exact) mass is 1520 g/mol. The Hall–Kier alpha value is -4.38. The van der Waals surface area contributed by atoms with Crippen LogP contribution in [-0.4, -0.2) is 29.3 Å². The van der Waals surface area contributed by atoms with E-state index in [9.17, 15) is 9.59 Å². The van der Waals surface area contributed by atoms with Crippen LogP contribution >= 0.6 is 4.90 Å². The SMILES string of the molecule is CCC1CC1(CCCCCCCCC=O)CCCCCCCCC=O.CCCCC/C=C\C/C=C\CCCCCCCCC1(CCCCCCCC/C=C\C/C=C\CCCCC)CC1CC.CCCCC/C=C\CC[I-][P+](c1ccccc1)(c1ccccc1)c1ccccc1.O=C=O.O=C=O. The Bertz CT molecular complexity index is 2360. The Morgan fingerprint density at radius 1 is 0.327 bits per heavy atom. The van der Waals surface area contributed by atoms with Crippen LogP contribution in [0.15, 0.2) is 152 Å². The number of hydrogen-bond donors (Lipinski definition) is 0. The quantitative estimate of drug-likeness (QED) is 0.0139. The smallest absolute Gasteiger partial charge is 0.186 e. The van der Waals surface area contributed by atoms with E-state index >= 15 is 0 Å². The van der Waals surface area contributed by atoms with Crippen LogP contribution in [0, 0.1) is 22.7 Å². The molecule has 8 heteroatoms. The minimum atomic E-state index is -1.54. The zero-order valence-corrected chi connectivity index (χ0v) is 68.3. The topological polar surface area (TPSA) is 102 Å². The second-order valence-electron chi connectivity index (χ2n) is 29.0. The van der Waals surface area contributed by atoms with Crippen molar-refractivity contribution in [1.29, 1.82) is 0 Å². The van der Waals surface area contributed by atoms with Gasteiger partial charge in [-0.25, -0.2) is 0 Å². The fraction of sp³-hybridized carbons (Fsp3) is 0.656. The van der Waals surface area contributed by atoms with Gasteiger partial charge in [0.2, 0.25) is 0 Å². The van der Waals surface area contributed by atoms with Crippen molar-refractivity contribution in [2.75, 3.05) is 4.43 Å². The molecule has 0 heterocycles. The Morgan fingerprint density at radius 2 is 0.564 bits per heavy atom. The molecule has 3 aromatic rings. The van der Waals surface area contributed by atoms with Gasteiger partial charge < -0.3 is 9.59 Å². The summed E-state index contributed by atoms with van der Waals surface area (Å²) >= 11 is -0.0332. The van der Waals surface area contributed by atoms with Crippen LogP contribution in [0.1, 0.15) is 362 Å². The van der Waals surface area contributed by atoms with E-state index in [1.165, 1.54) is 303 Å². The summed E-state index contributed by atoms with van der Waals surface area (Å²) in [6.07, 6.45) is 94.5. The number of benzene rings is 3. The average Bonchev–Trinajstić information content (AvgIpc) is 1.76. The van der Waals surface area contributed by atoms with E-state index in [2.05, 4.69) is 186 Å². The number of rotatable bonds is 61. The number of aldehydes is 2. The molecule has 0 spiro atoms. The van der Waals surface area contributed by atoms with Gasteiger partial charge in [-0.05, 0) is 138 Å². The van der Waals surface area contributed by atoms with Crippen LogP contribution in [0.25, 0.3) is 0 Å². The third-order valence-corrected chi connectivity index (χ3v) is 34.7. The van der Waals surface area contributed by atoms with Crippen LogP contribution in [0.4, 0.5) is 0 Å².